The van der Waals surface area contributed by atoms with E-state index in [1.165, 1.54) is 17.0 Å². The molecule has 2 aromatic rings. The first-order valence-corrected chi connectivity index (χ1v) is 10.5. The third-order valence-corrected chi connectivity index (χ3v) is 5.84. The van der Waals surface area contributed by atoms with E-state index in [2.05, 4.69) is 5.32 Å². The molecule has 2 aliphatic rings. The SMILES string of the molecule is CC1=C(C(=O)N2CCOCC2)[C@H](c2ccc(Cl)cc2)NC(=O)N1c1ccc(C(=O)O)cc1. The number of amides is 3. The van der Waals surface area contributed by atoms with E-state index >= 15 is 0 Å². The lowest BCUT2D eigenvalue weighted by Gasteiger charge is -2.38. The highest BCUT2D eigenvalue weighted by Gasteiger charge is 2.38. The number of morpholine rings is 1. The Balaban J connectivity index is 1.79. The fourth-order valence-corrected chi connectivity index (χ4v) is 4.05. The van der Waals surface area contributed by atoms with Gasteiger partial charge in [0.1, 0.15) is 0 Å². The van der Waals surface area contributed by atoms with E-state index in [0.717, 1.165) is 5.56 Å². The summed E-state index contributed by atoms with van der Waals surface area (Å²) in [4.78, 5) is 41.0. The zero-order chi connectivity index (χ0) is 22.8. The normalized spacial score (nSPS) is 19.1. The zero-order valence-electron chi connectivity index (χ0n) is 17.4. The van der Waals surface area contributed by atoms with Crippen LogP contribution in [0.3, 0.4) is 0 Å². The van der Waals surface area contributed by atoms with E-state index in [-0.39, 0.29) is 11.5 Å². The molecule has 0 aromatic heterocycles. The smallest absolute Gasteiger partial charge is 0.335 e. The molecule has 0 saturated carbocycles. The molecule has 3 amide bonds. The van der Waals surface area contributed by atoms with E-state index in [9.17, 15) is 14.4 Å². The third-order valence-electron chi connectivity index (χ3n) is 5.59. The number of carboxylic acid groups (broad SMARTS) is 1. The minimum atomic E-state index is -1.06. The fraction of sp³-hybridized carbons (Fsp3) is 0.261. The highest BCUT2D eigenvalue weighted by molar-refractivity contribution is 6.30. The Bertz CT molecular complexity index is 1080. The number of aromatic carboxylic acids is 1. The molecule has 2 aliphatic heterocycles. The average Bonchev–Trinajstić information content (AvgIpc) is 2.80. The molecule has 32 heavy (non-hydrogen) atoms. The van der Waals surface area contributed by atoms with Gasteiger partial charge in [-0.05, 0) is 48.9 Å². The van der Waals surface area contributed by atoms with Crippen molar-refractivity contribution in [3.05, 3.63) is 76.0 Å². The van der Waals surface area contributed by atoms with Crippen LogP contribution < -0.4 is 10.2 Å². The van der Waals surface area contributed by atoms with Crippen molar-refractivity contribution in [3.63, 3.8) is 0 Å². The van der Waals surface area contributed by atoms with Crippen LogP contribution in [0.2, 0.25) is 5.02 Å². The first-order valence-electron chi connectivity index (χ1n) is 10.1. The summed E-state index contributed by atoms with van der Waals surface area (Å²) in [7, 11) is 0. The van der Waals surface area contributed by atoms with Gasteiger partial charge in [-0.2, -0.15) is 0 Å². The number of nitrogens with zero attached hydrogens (tertiary/aromatic N) is 2. The van der Waals surface area contributed by atoms with E-state index in [0.29, 0.717) is 48.3 Å². The Morgan fingerprint density at radius 1 is 1.06 bits per heavy atom. The van der Waals surface area contributed by atoms with Crippen LogP contribution in [0.25, 0.3) is 0 Å². The summed E-state index contributed by atoms with van der Waals surface area (Å²) in [6.45, 7) is 3.56. The molecular weight excluding hydrogens is 434 g/mol. The van der Waals surface area contributed by atoms with Gasteiger partial charge in [0.25, 0.3) is 5.91 Å². The van der Waals surface area contributed by atoms with Crippen LogP contribution in [0.15, 0.2) is 59.8 Å². The second-order valence-corrected chi connectivity index (χ2v) is 7.96. The van der Waals surface area contributed by atoms with Crippen LogP contribution >= 0.6 is 11.6 Å². The number of anilines is 1. The van der Waals surface area contributed by atoms with Gasteiger partial charge in [0.15, 0.2) is 0 Å². The summed E-state index contributed by atoms with van der Waals surface area (Å²) in [5, 5.41) is 12.6. The van der Waals surface area contributed by atoms with Gasteiger partial charge in [-0.25, -0.2) is 9.59 Å². The van der Waals surface area contributed by atoms with Gasteiger partial charge in [0.05, 0.1) is 36.1 Å². The number of benzene rings is 2. The fourth-order valence-electron chi connectivity index (χ4n) is 3.93. The molecule has 1 fully saturated rings. The van der Waals surface area contributed by atoms with E-state index < -0.39 is 18.0 Å². The van der Waals surface area contributed by atoms with Gasteiger partial charge in [0, 0.05) is 23.8 Å². The van der Waals surface area contributed by atoms with Crippen molar-refractivity contribution in [3.8, 4) is 0 Å². The van der Waals surface area contributed by atoms with Crippen molar-refractivity contribution in [2.45, 2.75) is 13.0 Å². The standard InChI is InChI=1S/C23H22ClN3O5/c1-14-19(21(28)26-10-12-32-13-11-26)20(15-2-6-17(24)7-3-15)25-23(31)27(14)18-8-4-16(5-9-18)22(29)30/h2-9,20H,10-13H2,1H3,(H,25,31)(H,29,30)/t20-/m0/s1. The van der Waals surface area contributed by atoms with Gasteiger partial charge in [-0.3, -0.25) is 9.69 Å². The lowest BCUT2D eigenvalue weighted by Crippen LogP contribution is -2.51. The summed E-state index contributed by atoms with van der Waals surface area (Å²) in [5.41, 5.74) is 2.23. The van der Waals surface area contributed by atoms with Crippen LogP contribution in [0.4, 0.5) is 10.5 Å². The molecule has 2 heterocycles. The Morgan fingerprint density at radius 3 is 2.28 bits per heavy atom. The molecule has 2 N–H and O–H groups in total. The molecule has 1 atom stereocenters. The van der Waals surface area contributed by atoms with Crippen LogP contribution in [-0.2, 0) is 9.53 Å². The molecule has 8 nitrogen and oxygen atoms in total. The number of carbonyl (C=O) groups is 3. The molecular formula is C23H22ClN3O5. The lowest BCUT2D eigenvalue weighted by atomic mass is 9.93. The maximum Gasteiger partial charge on any atom is 0.335 e. The number of urea groups is 1. The number of halogens is 1. The lowest BCUT2D eigenvalue weighted by molar-refractivity contribution is -0.131. The number of nitrogens with one attached hydrogen (secondary N) is 1. The maximum atomic E-state index is 13.6. The summed E-state index contributed by atoms with van der Waals surface area (Å²) < 4.78 is 5.37. The quantitative estimate of drug-likeness (QED) is 0.735. The summed E-state index contributed by atoms with van der Waals surface area (Å²) in [5.74, 6) is -1.24. The monoisotopic (exact) mass is 455 g/mol. The minimum absolute atomic E-state index is 0.108. The summed E-state index contributed by atoms with van der Waals surface area (Å²) >= 11 is 6.03. The number of rotatable bonds is 4. The average molecular weight is 456 g/mol. The molecule has 166 valence electrons. The number of ether oxygens (including phenoxy) is 1. The van der Waals surface area contributed by atoms with Gasteiger partial charge < -0.3 is 20.1 Å². The van der Waals surface area contributed by atoms with Gasteiger partial charge in [-0.15, -0.1) is 0 Å². The van der Waals surface area contributed by atoms with E-state index in [4.69, 9.17) is 21.4 Å². The predicted octanol–water partition coefficient (Wildman–Crippen LogP) is 3.44. The molecule has 0 bridgehead atoms. The second-order valence-electron chi connectivity index (χ2n) is 7.53. The molecule has 9 heteroatoms. The van der Waals surface area contributed by atoms with E-state index in [1.807, 2.05) is 0 Å². The van der Waals surface area contributed by atoms with Crippen molar-refractivity contribution in [1.82, 2.24) is 10.2 Å². The Kier molecular flexibility index (Phi) is 6.16. The highest BCUT2D eigenvalue weighted by atomic mass is 35.5. The summed E-state index contributed by atoms with van der Waals surface area (Å²) in [6, 6.07) is 11.9. The van der Waals surface area contributed by atoms with Crippen molar-refractivity contribution in [2.24, 2.45) is 0 Å². The molecule has 0 aliphatic carbocycles. The first kappa shape index (κ1) is 21.9. The number of hydrogen-bond donors (Lipinski definition) is 2. The first-order chi connectivity index (χ1) is 15.4. The van der Waals surface area contributed by atoms with Crippen LogP contribution in [0, 0.1) is 0 Å². The van der Waals surface area contributed by atoms with Crippen molar-refractivity contribution >= 4 is 35.2 Å². The van der Waals surface area contributed by atoms with Gasteiger partial charge in [-0.1, -0.05) is 23.7 Å². The summed E-state index contributed by atoms with van der Waals surface area (Å²) in [6.07, 6.45) is 0. The van der Waals surface area contributed by atoms with Crippen molar-refractivity contribution < 1.29 is 24.2 Å². The molecule has 0 radical (unpaired) electrons. The third kappa shape index (κ3) is 4.19. The van der Waals surface area contributed by atoms with Crippen LogP contribution in [0.1, 0.15) is 28.9 Å². The van der Waals surface area contributed by atoms with Crippen molar-refractivity contribution in [1.29, 1.82) is 0 Å². The predicted molar refractivity (Wildman–Crippen MR) is 119 cm³/mol. The van der Waals surface area contributed by atoms with E-state index in [1.54, 1.807) is 48.2 Å². The minimum Gasteiger partial charge on any atom is -0.478 e. The Hall–Kier alpha value is -3.36. The molecule has 4 rings (SSSR count). The molecule has 1 saturated heterocycles. The van der Waals surface area contributed by atoms with Crippen LogP contribution in [0.5, 0.6) is 0 Å². The topological polar surface area (TPSA) is 99.2 Å². The number of carbonyl (C=O) groups excluding carboxylic acids is 2. The number of hydrogen-bond acceptors (Lipinski definition) is 4. The highest BCUT2D eigenvalue weighted by Crippen LogP contribution is 2.35. The van der Waals surface area contributed by atoms with Gasteiger partial charge in [0.2, 0.25) is 0 Å². The second kappa shape index (κ2) is 9.02. The Morgan fingerprint density at radius 2 is 1.69 bits per heavy atom. The molecule has 0 unspecified atom stereocenters. The number of carboxylic acids is 1. The molecule has 2 aromatic carbocycles. The van der Waals surface area contributed by atoms with Crippen molar-refractivity contribution in [2.75, 3.05) is 31.2 Å². The van der Waals surface area contributed by atoms with Crippen LogP contribution in [-0.4, -0.2) is 54.2 Å². The largest absolute Gasteiger partial charge is 0.478 e. The maximum absolute atomic E-state index is 13.6. The molecule has 0 spiro atoms. The Labute approximate surface area is 190 Å². The number of allylic oxidation sites excluding steroid dienone is 1. The zero-order valence-corrected chi connectivity index (χ0v) is 18.1. The van der Waals surface area contributed by atoms with Gasteiger partial charge >= 0.3 is 12.0 Å².